The Morgan fingerprint density at radius 2 is 2.14 bits per heavy atom. The average Bonchev–Trinajstić information content (AvgIpc) is 2.49. The summed E-state index contributed by atoms with van der Waals surface area (Å²) in [5.74, 6) is -0.238. The minimum absolute atomic E-state index is 0.181. The van der Waals surface area contributed by atoms with E-state index < -0.39 is 11.4 Å². The first kappa shape index (κ1) is 16.5. The highest BCUT2D eigenvalue weighted by Crippen LogP contribution is 2.30. The Labute approximate surface area is 129 Å². The van der Waals surface area contributed by atoms with E-state index in [9.17, 15) is 14.3 Å². The van der Waals surface area contributed by atoms with Gasteiger partial charge in [0.25, 0.3) is 0 Å². The van der Waals surface area contributed by atoms with Gasteiger partial charge in [0.1, 0.15) is 6.10 Å². The molecule has 0 bridgehead atoms. The van der Waals surface area contributed by atoms with Crippen LogP contribution in [0, 0.1) is 5.82 Å². The number of amides is 2. The summed E-state index contributed by atoms with van der Waals surface area (Å²) >= 11 is 0. The van der Waals surface area contributed by atoms with Gasteiger partial charge in [-0.25, -0.2) is 9.18 Å². The number of carbonyl (C=O) groups excluding carboxylic acids is 1. The van der Waals surface area contributed by atoms with Gasteiger partial charge in [-0.2, -0.15) is 0 Å². The highest BCUT2D eigenvalue weighted by Gasteiger charge is 2.34. The Morgan fingerprint density at radius 3 is 2.73 bits per heavy atom. The molecule has 0 radical (unpaired) electrons. The Hall–Kier alpha value is -1.82. The zero-order valence-corrected chi connectivity index (χ0v) is 12.8. The standard InChI is InChI=1S/C16H23FN2O3/c1-2-12(22-14-7-4-3-6-13(14)17)10-18-15(20)19-11-16(21)8-5-9-16/h3-4,6-7,12,21H,2,5,8-11H2,1H3,(H2,18,19,20). The molecule has 1 fully saturated rings. The molecule has 6 heteroatoms. The van der Waals surface area contributed by atoms with Gasteiger partial charge in [0.05, 0.1) is 12.1 Å². The Morgan fingerprint density at radius 1 is 1.41 bits per heavy atom. The molecule has 3 N–H and O–H groups in total. The lowest BCUT2D eigenvalue weighted by molar-refractivity contribution is -0.0290. The highest BCUT2D eigenvalue weighted by molar-refractivity contribution is 5.73. The molecule has 1 aliphatic rings. The lowest BCUT2D eigenvalue weighted by Gasteiger charge is -2.36. The number of nitrogens with one attached hydrogen (secondary N) is 2. The van der Waals surface area contributed by atoms with Crippen LogP contribution in [0.4, 0.5) is 9.18 Å². The molecule has 1 aromatic carbocycles. The van der Waals surface area contributed by atoms with Crippen molar-refractivity contribution in [2.24, 2.45) is 0 Å². The van der Waals surface area contributed by atoms with E-state index in [1.165, 1.54) is 6.07 Å². The predicted molar refractivity (Wildman–Crippen MR) is 81.3 cm³/mol. The quantitative estimate of drug-likeness (QED) is 0.723. The molecule has 1 unspecified atom stereocenters. The van der Waals surface area contributed by atoms with Crippen LogP contribution in [0.5, 0.6) is 5.75 Å². The molecule has 1 atom stereocenters. The molecule has 1 aliphatic carbocycles. The van der Waals surface area contributed by atoms with E-state index in [4.69, 9.17) is 4.74 Å². The molecule has 122 valence electrons. The molecular weight excluding hydrogens is 287 g/mol. The van der Waals surface area contributed by atoms with Gasteiger partial charge in [0, 0.05) is 6.54 Å². The van der Waals surface area contributed by atoms with E-state index in [0.717, 1.165) is 19.3 Å². The van der Waals surface area contributed by atoms with Crippen LogP contribution in [0.3, 0.4) is 0 Å². The summed E-state index contributed by atoms with van der Waals surface area (Å²) in [4.78, 5) is 11.7. The smallest absolute Gasteiger partial charge is 0.315 e. The first-order valence-electron chi connectivity index (χ1n) is 7.68. The van der Waals surface area contributed by atoms with Gasteiger partial charge in [-0.3, -0.25) is 0 Å². The third-order valence-corrected chi connectivity index (χ3v) is 3.94. The molecule has 0 spiro atoms. The zero-order chi connectivity index (χ0) is 16.0. The zero-order valence-electron chi connectivity index (χ0n) is 12.8. The molecule has 0 heterocycles. The maximum absolute atomic E-state index is 13.5. The van der Waals surface area contributed by atoms with Gasteiger partial charge in [-0.15, -0.1) is 0 Å². The van der Waals surface area contributed by atoms with Crippen molar-refractivity contribution in [3.05, 3.63) is 30.1 Å². The second-order valence-corrected chi connectivity index (χ2v) is 5.72. The minimum Gasteiger partial charge on any atom is -0.486 e. The number of para-hydroxylation sites is 1. The first-order chi connectivity index (χ1) is 10.5. The van der Waals surface area contributed by atoms with Crippen LogP contribution in [-0.2, 0) is 0 Å². The van der Waals surface area contributed by atoms with Crippen LogP contribution >= 0.6 is 0 Å². The molecule has 0 saturated heterocycles. The fraction of sp³-hybridized carbons (Fsp3) is 0.562. The van der Waals surface area contributed by atoms with E-state index >= 15 is 0 Å². The number of carbonyl (C=O) groups is 1. The van der Waals surface area contributed by atoms with Gasteiger partial charge in [0.2, 0.25) is 0 Å². The first-order valence-corrected chi connectivity index (χ1v) is 7.68. The van der Waals surface area contributed by atoms with E-state index in [2.05, 4.69) is 10.6 Å². The van der Waals surface area contributed by atoms with Crippen molar-refractivity contribution < 1.29 is 19.0 Å². The topological polar surface area (TPSA) is 70.6 Å². The minimum atomic E-state index is -0.745. The fourth-order valence-electron chi connectivity index (χ4n) is 2.26. The van der Waals surface area contributed by atoms with Crippen LogP contribution in [0.2, 0.25) is 0 Å². The van der Waals surface area contributed by atoms with E-state index in [1.54, 1.807) is 18.2 Å². The Kier molecular flexibility index (Phi) is 5.60. The van der Waals surface area contributed by atoms with Gasteiger partial charge in [-0.05, 0) is 37.8 Å². The van der Waals surface area contributed by atoms with E-state index in [-0.39, 0.29) is 31.0 Å². The molecule has 2 rings (SSSR count). The molecule has 1 aromatic rings. The summed E-state index contributed by atoms with van der Waals surface area (Å²) in [6.07, 6.45) is 2.77. The second-order valence-electron chi connectivity index (χ2n) is 5.72. The van der Waals surface area contributed by atoms with Crippen molar-refractivity contribution in [3.63, 3.8) is 0 Å². The normalized spacial score (nSPS) is 17.2. The van der Waals surface area contributed by atoms with Crippen LogP contribution < -0.4 is 15.4 Å². The predicted octanol–water partition coefficient (Wildman–Crippen LogP) is 2.20. The molecular formula is C16H23FN2O3. The number of ether oxygens (including phenoxy) is 1. The highest BCUT2D eigenvalue weighted by atomic mass is 19.1. The monoisotopic (exact) mass is 310 g/mol. The Bertz CT molecular complexity index is 506. The summed E-state index contributed by atoms with van der Waals surface area (Å²) < 4.78 is 19.1. The summed E-state index contributed by atoms with van der Waals surface area (Å²) in [6, 6.07) is 5.84. The largest absolute Gasteiger partial charge is 0.486 e. The molecule has 0 aliphatic heterocycles. The SMILES string of the molecule is CCC(CNC(=O)NCC1(O)CCC1)Oc1ccccc1F. The third-order valence-electron chi connectivity index (χ3n) is 3.94. The lowest BCUT2D eigenvalue weighted by Crippen LogP contribution is -2.51. The number of rotatable bonds is 7. The van der Waals surface area contributed by atoms with Gasteiger partial charge in [0.15, 0.2) is 11.6 Å². The third kappa shape index (κ3) is 4.59. The van der Waals surface area contributed by atoms with E-state index in [0.29, 0.717) is 6.42 Å². The number of urea groups is 1. The molecule has 0 aromatic heterocycles. The van der Waals surface area contributed by atoms with Crippen molar-refractivity contribution in [1.29, 1.82) is 0 Å². The van der Waals surface area contributed by atoms with Crippen molar-refractivity contribution in [3.8, 4) is 5.75 Å². The van der Waals surface area contributed by atoms with Gasteiger partial charge in [-0.1, -0.05) is 19.1 Å². The van der Waals surface area contributed by atoms with Crippen LogP contribution in [0.15, 0.2) is 24.3 Å². The average molecular weight is 310 g/mol. The summed E-state index contributed by atoms with van der Waals surface area (Å²) in [6.45, 7) is 2.43. The molecule has 22 heavy (non-hydrogen) atoms. The number of aliphatic hydroxyl groups is 1. The number of benzene rings is 1. The van der Waals surface area contributed by atoms with Crippen molar-refractivity contribution in [1.82, 2.24) is 10.6 Å². The lowest BCUT2D eigenvalue weighted by atomic mass is 9.80. The second kappa shape index (κ2) is 7.45. The van der Waals surface area contributed by atoms with E-state index in [1.807, 2.05) is 6.92 Å². The van der Waals surface area contributed by atoms with Crippen LogP contribution in [-0.4, -0.2) is 35.9 Å². The maximum atomic E-state index is 13.5. The van der Waals surface area contributed by atoms with Gasteiger partial charge < -0.3 is 20.5 Å². The molecule has 5 nitrogen and oxygen atoms in total. The summed E-state index contributed by atoms with van der Waals surface area (Å²) in [7, 11) is 0. The number of hydrogen-bond acceptors (Lipinski definition) is 3. The van der Waals surface area contributed by atoms with Gasteiger partial charge >= 0.3 is 6.03 Å². The van der Waals surface area contributed by atoms with Crippen molar-refractivity contribution >= 4 is 6.03 Å². The summed E-state index contributed by atoms with van der Waals surface area (Å²) in [5.41, 5.74) is -0.745. The summed E-state index contributed by atoms with van der Waals surface area (Å²) in [5, 5.41) is 15.2. The van der Waals surface area contributed by atoms with Crippen molar-refractivity contribution in [2.75, 3.05) is 13.1 Å². The fourth-order valence-corrected chi connectivity index (χ4v) is 2.26. The number of halogens is 1. The van der Waals surface area contributed by atoms with Crippen molar-refractivity contribution in [2.45, 2.75) is 44.3 Å². The maximum Gasteiger partial charge on any atom is 0.315 e. The molecule has 1 saturated carbocycles. The Balaban J connectivity index is 1.73. The molecule has 2 amide bonds. The number of hydrogen-bond donors (Lipinski definition) is 3. The van der Waals surface area contributed by atoms with Crippen LogP contribution in [0.25, 0.3) is 0 Å². The van der Waals surface area contributed by atoms with Crippen LogP contribution in [0.1, 0.15) is 32.6 Å².